The highest BCUT2D eigenvalue weighted by atomic mass is 79.9. The molecule has 1 heterocycles. The standard InChI is InChI=1S/C17H16BrN3O2S/c1-13(20-24(22,23)17-4-2-3-15(18)11-17)14-5-7-16(8-6-14)21-10-9-19-12-21/h2-13,20H,1H3. The Bertz CT molecular complexity index is 923. The molecule has 24 heavy (non-hydrogen) atoms. The van der Waals surface area contributed by atoms with Gasteiger partial charge in [0, 0.05) is 28.6 Å². The van der Waals surface area contributed by atoms with E-state index in [2.05, 4.69) is 25.6 Å². The van der Waals surface area contributed by atoms with Crippen LogP contribution in [-0.4, -0.2) is 18.0 Å². The predicted molar refractivity (Wildman–Crippen MR) is 96.4 cm³/mol. The topological polar surface area (TPSA) is 64.0 Å². The molecule has 7 heteroatoms. The highest BCUT2D eigenvalue weighted by Gasteiger charge is 2.18. The molecule has 0 saturated heterocycles. The van der Waals surface area contributed by atoms with Crippen molar-refractivity contribution in [3.05, 3.63) is 77.3 Å². The Morgan fingerprint density at radius 3 is 2.54 bits per heavy atom. The zero-order valence-electron chi connectivity index (χ0n) is 12.9. The van der Waals surface area contributed by atoms with Crippen LogP contribution < -0.4 is 4.72 Å². The van der Waals surface area contributed by atoms with Gasteiger partial charge in [-0.2, -0.15) is 0 Å². The summed E-state index contributed by atoms with van der Waals surface area (Å²) in [6.45, 7) is 1.82. The third-order valence-electron chi connectivity index (χ3n) is 3.63. The predicted octanol–water partition coefficient (Wildman–Crippen LogP) is 3.67. The second-order valence-corrected chi connectivity index (χ2v) is 7.99. The van der Waals surface area contributed by atoms with Crippen LogP contribution in [-0.2, 0) is 10.0 Å². The molecule has 2 aromatic carbocycles. The molecule has 1 N–H and O–H groups in total. The molecule has 0 bridgehead atoms. The van der Waals surface area contributed by atoms with Gasteiger partial charge in [0.1, 0.15) is 0 Å². The summed E-state index contributed by atoms with van der Waals surface area (Å²) < 4.78 is 30.3. The molecular formula is C17H16BrN3O2S. The lowest BCUT2D eigenvalue weighted by Crippen LogP contribution is -2.26. The van der Waals surface area contributed by atoms with Gasteiger partial charge in [0.2, 0.25) is 10.0 Å². The number of benzene rings is 2. The fourth-order valence-corrected chi connectivity index (χ4v) is 4.18. The highest BCUT2D eigenvalue weighted by molar-refractivity contribution is 9.10. The van der Waals surface area contributed by atoms with Gasteiger partial charge in [0.15, 0.2) is 0 Å². The van der Waals surface area contributed by atoms with Gasteiger partial charge in [-0.15, -0.1) is 0 Å². The van der Waals surface area contributed by atoms with Crippen LogP contribution in [0.4, 0.5) is 0 Å². The summed E-state index contributed by atoms with van der Waals surface area (Å²) in [4.78, 5) is 4.25. The third-order valence-corrected chi connectivity index (χ3v) is 5.67. The number of aromatic nitrogens is 2. The van der Waals surface area contributed by atoms with Crippen LogP contribution in [0, 0.1) is 0 Å². The maximum atomic E-state index is 12.5. The molecule has 1 aromatic heterocycles. The average molecular weight is 406 g/mol. The number of nitrogens with one attached hydrogen (secondary N) is 1. The minimum atomic E-state index is -3.58. The van der Waals surface area contributed by atoms with Crippen molar-refractivity contribution < 1.29 is 8.42 Å². The van der Waals surface area contributed by atoms with Crippen molar-refractivity contribution in [3.8, 4) is 5.69 Å². The Balaban J connectivity index is 1.78. The van der Waals surface area contributed by atoms with Crippen molar-refractivity contribution in [3.63, 3.8) is 0 Å². The summed E-state index contributed by atoms with van der Waals surface area (Å²) in [5, 5.41) is 0. The van der Waals surface area contributed by atoms with E-state index in [9.17, 15) is 8.42 Å². The third kappa shape index (κ3) is 3.75. The van der Waals surface area contributed by atoms with E-state index in [-0.39, 0.29) is 10.9 Å². The second kappa shape index (κ2) is 6.88. The number of hydrogen-bond acceptors (Lipinski definition) is 3. The van der Waals surface area contributed by atoms with Crippen LogP contribution in [0.5, 0.6) is 0 Å². The number of rotatable bonds is 5. The molecule has 0 spiro atoms. The first-order valence-corrected chi connectivity index (χ1v) is 9.59. The largest absolute Gasteiger partial charge is 0.306 e. The van der Waals surface area contributed by atoms with E-state index in [4.69, 9.17) is 0 Å². The van der Waals surface area contributed by atoms with E-state index in [1.54, 1.807) is 36.8 Å². The molecule has 0 fully saturated rings. The normalized spacial score (nSPS) is 12.9. The Hall–Kier alpha value is -1.96. The van der Waals surface area contributed by atoms with Crippen molar-refractivity contribution in [2.24, 2.45) is 0 Å². The van der Waals surface area contributed by atoms with Crippen molar-refractivity contribution in [2.75, 3.05) is 0 Å². The molecule has 1 atom stereocenters. The van der Waals surface area contributed by atoms with Crippen molar-refractivity contribution in [1.82, 2.24) is 14.3 Å². The van der Waals surface area contributed by atoms with Crippen LogP contribution in [0.25, 0.3) is 5.69 Å². The summed E-state index contributed by atoms with van der Waals surface area (Å²) >= 11 is 3.29. The van der Waals surface area contributed by atoms with E-state index in [0.29, 0.717) is 0 Å². The van der Waals surface area contributed by atoms with Crippen molar-refractivity contribution in [1.29, 1.82) is 0 Å². The van der Waals surface area contributed by atoms with E-state index in [1.807, 2.05) is 42.0 Å². The molecular weight excluding hydrogens is 390 g/mol. The Morgan fingerprint density at radius 2 is 1.92 bits per heavy atom. The van der Waals surface area contributed by atoms with Crippen LogP contribution >= 0.6 is 15.9 Å². The van der Waals surface area contributed by atoms with E-state index in [0.717, 1.165) is 15.7 Å². The van der Waals surface area contributed by atoms with Gasteiger partial charge in [0.25, 0.3) is 0 Å². The van der Waals surface area contributed by atoms with Crippen LogP contribution in [0.15, 0.2) is 76.6 Å². The molecule has 0 radical (unpaired) electrons. The van der Waals surface area contributed by atoms with Crippen molar-refractivity contribution in [2.45, 2.75) is 17.9 Å². The summed E-state index contributed by atoms with van der Waals surface area (Å²) in [6, 6.07) is 14.0. The van der Waals surface area contributed by atoms with Gasteiger partial charge in [0.05, 0.1) is 11.2 Å². The fourth-order valence-electron chi connectivity index (χ4n) is 2.35. The monoisotopic (exact) mass is 405 g/mol. The fraction of sp³-hybridized carbons (Fsp3) is 0.118. The molecule has 0 amide bonds. The minimum Gasteiger partial charge on any atom is -0.306 e. The van der Waals surface area contributed by atoms with E-state index < -0.39 is 10.0 Å². The lowest BCUT2D eigenvalue weighted by molar-refractivity contribution is 0.567. The smallest absolute Gasteiger partial charge is 0.241 e. The quantitative estimate of drug-likeness (QED) is 0.703. The number of imidazole rings is 1. The van der Waals surface area contributed by atoms with Gasteiger partial charge in [-0.05, 0) is 42.8 Å². The zero-order valence-corrected chi connectivity index (χ0v) is 15.3. The Kier molecular flexibility index (Phi) is 4.84. The van der Waals surface area contributed by atoms with Gasteiger partial charge in [-0.25, -0.2) is 18.1 Å². The van der Waals surface area contributed by atoms with Gasteiger partial charge < -0.3 is 4.57 Å². The molecule has 0 aliphatic rings. The first-order valence-electron chi connectivity index (χ1n) is 7.32. The van der Waals surface area contributed by atoms with Crippen LogP contribution in [0.3, 0.4) is 0 Å². The maximum absolute atomic E-state index is 12.5. The Morgan fingerprint density at radius 1 is 1.17 bits per heavy atom. The number of halogens is 1. The molecule has 124 valence electrons. The molecule has 3 aromatic rings. The van der Waals surface area contributed by atoms with E-state index in [1.165, 1.54) is 0 Å². The summed E-state index contributed by atoms with van der Waals surface area (Å²) in [5.41, 5.74) is 1.86. The summed E-state index contributed by atoms with van der Waals surface area (Å²) in [6.07, 6.45) is 5.28. The van der Waals surface area contributed by atoms with Gasteiger partial charge in [-0.3, -0.25) is 0 Å². The minimum absolute atomic E-state index is 0.235. The molecule has 0 aliphatic heterocycles. The molecule has 0 aliphatic carbocycles. The highest BCUT2D eigenvalue weighted by Crippen LogP contribution is 2.20. The van der Waals surface area contributed by atoms with Crippen LogP contribution in [0.2, 0.25) is 0 Å². The van der Waals surface area contributed by atoms with Gasteiger partial charge in [-0.1, -0.05) is 34.1 Å². The number of nitrogens with zero attached hydrogens (tertiary/aromatic N) is 2. The lowest BCUT2D eigenvalue weighted by atomic mass is 10.1. The number of sulfonamides is 1. The maximum Gasteiger partial charge on any atom is 0.241 e. The number of hydrogen-bond donors (Lipinski definition) is 1. The van der Waals surface area contributed by atoms with Crippen LogP contribution in [0.1, 0.15) is 18.5 Å². The van der Waals surface area contributed by atoms with Gasteiger partial charge >= 0.3 is 0 Å². The molecule has 1 unspecified atom stereocenters. The first kappa shape index (κ1) is 16.9. The zero-order chi connectivity index (χ0) is 17.2. The summed E-state index contributed by atoms with van der Waals surface area (Å²) in [5.74, 6) is 0. The average Bonchev–Trinajstić information content (AvgIpc) is 3.09. The Labute approximate surface area is 149 Å². The molecule has 0 saturated carbocycles. The second-order valence-electron chi connectivity index (χ2n) is 5.36. The molecule has 3 rings (SSSR count). The van der Waals surface area contributed by atoms with E-state index >= 15 is 0 Å². The lowest BCUT2D eigenvalue weighted by Gasteiger charge is -2.15. The first-order chi connectivity index (χ1) is 11.5. The SMILES string of the molecule is CC(NS(=O)(=O)c1cccc(Br)c1)c1ccc(-n2ccnc2)cc1. The van der Waals surface area contributed by atoms with Crippen molar-refractivity contribution >= 4 is 26.0 Å². The summed E-state index contributed by atoms with van der Waals surface area (Å²) in [7, 11) is -3.58. The molecule has 5 nitrogen and oxygen atoms in total.